The van der Waals surface area contributed by atoms with E-state index < -0.39 is 0 Å². The van der Waals surface area contributed by atoms with Crippen molar-refractivity contribution in [2.75, 3.05) is 0 Å². The first kappa shape index (κ1) is 40.3. The van der Waals surface area contributed by atoms with Gasteiger partial charge in [-0.25, -0.2) is 15.0 Å². The van der Waals surface area contributed by atoms with E-state index in [0.29, 0.717) is 11.4 Å². The zero-order chi connectivity index (χ0) is 45.2. The summed E-state index contributed by atoms with van der Waals surface area (Å²) in [5.74, 6) is 2.42. The number of fused-ring (bicyclic) bond motifs is 8. The molecule has 322 valence electrons. The Morgan fingerprint density at radius 2 is 1.20 bits per heavy atom. The van der Waals surface area contributed by atoms with Crippen LogP contribution in [-0.2, 0) is 16.2 Å². The van der Waals surface area contributed by atoms with Crippen LogP contribution in [0.15, 0.2) is 152 Å². The first-order valence-electron chi connectivity index (χ1n) is 22.5. The van der Waals surface area contributed by atoms with E-state index in [1.54, 1.807) is 0 Å². The Balaban J connectivity index is 1.24. The lowest BCUT2D eigenvalue weighted by Gasteiger charge is -2.27. The summed E-state index contributed by atoms with van der Waals surface area (Å²) >= 11 is 0. The van der Waals surface area contributed by atoms with E-state index in [2.05, 4.69) is 214 Å². The van der Waals surface area contributed by atoms with Crippen molar-refractivity contribution in [3.05, 3.63) is 169 Å². The summed E-state index contributed by atoms with van der Waals surface area (Å²) in [7, 11) is 0. The molecule has 6 aromatic carbocycles. The van der Waals surface area contributed by atoms with Crippen LogP contribution in [0.5, 0.6) is 5.75 Å². The van der Waals surface area contributed by atoms with Gasteiger partial charge >= 0.3 is 0 Å². The predicted molar refractivity (Wildman–Crippen MR) is 267 cm³/mol. The minimum Gasteiger partial charge on any atom is -0.507 e. The Morgan fingerprint density at radius 3 is 1.95 bits per heavy atom. The molecule has 1 N–H and O–H groups in total. The van der Waals surface area contributed by atoms with Crippen molar-refractivity contribution in [1.29, 1.82) is 0 Å². The first-order chi connectivity index (χ1) is 31.1. The number of phenolic OH excluding ortho intramolecular Hbond substituents is 1. The minimum absolute atomic E-state index is 0.0815. The van der Waals surface area contributed by atoms with Crippen molar-refractivity contribution < 1.29 is 5.11 Å². The fourth-order valence-electron chi connectivity index (χ4n) is 9.53. The van der Waals surface area contributed by atoms with E-state index in [1.807, 2.05) is 18.3 Å². The molecular formula is C57H53N7O. The Kier molecular flexibility index (Phi) is 8.86. The molecule has 8 nitrogen and oxygen atoms in total. The van der Waals surface area contributed by atoms with Gasteiger partial charge in [0.05, 0.1) is 50.7 Å². The third-order valence-electron chi connectivity index (χ3n) is 13.0. The molecule has 0 amide bonds. The summed E-state index contributed by atoms with van der Waals surface area (Å²) in [5.41, 5.74) is 13.2. The molecule has 0 radical (unpaired) electrons. The number of nitrogens with zero attached hydrogens (tertiary/aromatic N) is 7. The number of imidazole rings is 3. The molecule has 5 heterocycles. The van der Waals surface area contributed by atoms with E-state index in [9.17, 15) is 5.11 Å². The number of hydrogen-bond acceptors (Lipinski definition) is 4. The topological polar surface area (TPSA) is 78.1 Å². The molecule has 0 aliphatic rings. The molecule has 11 aromatic rings. The van der Waals surface area contributed by atoms with Crippen LogP contribution in [0, 0.1) is 0 Å². The predicted octanol–water partition coefficient (Wildman–Crippen LogP) is 14.0. The van der Waals surface area contributed by atoms with Crippen molar-refractivity contribution in [2.24, 2.45) is 0 Å². The molecule has 65 heavy (non-hydrogen) atoms. The average Bonchev–Trinajstić information content (AvgIpc) is 4.04. The Hall–Kier alpha value is -7.45. The van der Waals surface area contributed by atoms with Gasteiger partial charge in [0.1, 0.15) is 5.75 Å². The zero-order valence-electron chi connectivity index (χ0n) is 38.5. The summed E-state index contributed by atoms with van der Waals surface area (Å²) in [6.07, 6.45) is 4.00. The van der Waals surface area contributed by atoms with Crippen LogP contribution in [0.25, 0.3) is 89.5 Å². The molecule has 0 fully saturated rings. The number of rotatable bonds is 5. The maximum atomic E-state index is 12.6. The number of benzene rings is 6. The molecular weight excluding hydrogens is 799 g/mol. The van der Waals surface area contributed by atoms with E-state index in [4.69, 9.17) is 15.0 Å². The number of aromatic hydroxyl groups is 1. The molecule has 8 heteroatoms. The number of para-hydroxylation sites is 3. The molecule has 0 aliphatic heterocycles. The largest absolute Gasteiger partial charge is 0.507 e. The normalized spacial score (nSPS) is 12.8. The lowest BCUT2D eigenvalue weighted by Crippen LogP contribution is -2.17. The van der Waals surface area contributed by atoms with Gasteiger partial charge in [0.2, 0.25) is 5.78 Å². The fraction of sp³-hybridized carbons (Fsp3) is 0.211. The highest BCUT2D eigenvalue weighted by Crippen LogP contribution is 2.45. The molecule has 0 saturated heterocycles. The van der Waals surface area contributed by atoms with Gasteiger partial charge < -0.3 is 5.11 Å². The van der Waals surface area contributed by atoms with Gasteiger partial charge in [0.15, 0.2) is 17.3 Å². The monoisotopic (exact) mass is 851 g/mol. The summed E-state index contributed by atoms with van der Waals surface area (Å²) in [6.45, 7) is 19.9. The number of hydrogen-bond donors (Lipinski definition) is 1. The quantitative estimate of drug-likeness (QED) is 0.187. The van der Waals surface area contributed by atoms with Crippen LogP contribution < -0.4 is 0 Å². The molecule has 11 rings (SSSR count). The second-order valence-electron chi connectivity index (χ2n) is 20.5. The summed E-state index contributed by atoms with van der Waals surface area (Å²) < 4.78 is 8.83. The third kappa shape index (κ3) is 6.45. The molecule has 5 aromatic heterocycles. The zero-order valence-corrected chi connectivity index (χ0v) is 38.5. The van der Waals surface area contributed by atoms with Crippen LogP contribution in [0.2, 0.25) is 0 Å². The van der Waals surface area contributed by atoms with Crippen molar-refractivity contribution in [3.63, 3.8) is 0 Å². The van der Waals surface area contributed by atoms with Crippen LogP contribution in [0.3, 0.4) is 0 Å². The van der Waals surface area contributed by atoms with Crippen LogP contribution in [0.4, 0.5) is 0 Å². The maximum absolute atomic E-state index is 12.6. The minimum atomic E-state index is -0.337. The van der Waals surface area contributed by atoms with Crippen LogP contribution in [0.1, 0.15) is 79.0 Å². The second kappa shape index (κ2) is 14.3. The SMILES string of the molecule is CC(C)(C)c1ccc(-n2cc(-n3c4ccccc4c4ccc(-n5c6ncccc6n6c7ccccc7nc56)cc43)nc2-c2cc(C(C)(C)C)cc(C(C)(C)C)c2O)c(-c2ccccc2)c1. The highest BCUT2D eigenvalue weighted by atomic mass is 16.3. The van der Waals surface area contributed by atoms with Gasteiger partial charge in [0.25, 0.3) is 0 Å². The molecule has 0 unspecified atom stereocenters. The molecule has 0 bridgehead atoms. The third-order valence-corrected chi connectivity index (χ3v) is 13.0. The van der Waals surface area contributed by atoms with Crippen molar-refractivity contribution in [3.8, 4) is 45.5 Å². The first-order valence-corrected chi connectivity index (χ1v) is 22.5. The van der Waals surface area contributed by atoms with Gasteiger partial charge in [-0.05, 0) is 93.6 Å². The molecule has 0 saturated carbocycles. The average molecular weight is 852 g/mol. The van der Waals surface area contributed by atoms with Crippen LogP contribution in [-0.4, -0.2) is 38.2 Å². The van der Waals surface area contributed by atoms with E-state index in [0.717, 1.165) is 89.2 Å². The lowest BCUT2D eigenvalue weighted by molar-refractivity contribution is 0.446. The maximum Gasteiger partial charge on any atom is 0.221 e. The number of phenols is 1. The summed E-state index contributed by atoms with van der Waals surface area (Å²) in [4.78, 5) is 15.8. The summed E-state index contributed by atoms with van der Waals surface area (Å²) in [5, 5.41) is 14.8. The highest BCUT2D eigenvalue weighted by molar-refractivity contribution is 6.10. The van der Waals surface area contributed by atoms with E-state index in [-0.39, 0.29) is 22.0 Å². The van der Waals surface area contributed by atoms with Gasteiger partial charge in [-0.2, -0.15) is 0 Å². The highest BCUT2D eigenvalue weighted by Gasteiger charge is 2.30. The van der Waals surface area contributed by atoms with Gasteiger partial charge in [-0.15, -0.1) is 0 Å². The number of aromatic nitrogens is 7. The Bertz CT molecular complexity index is 3670. The number of pyridine rings is 1. The standard InChI is InChI=1S/C57H53N7O/c1-55(2,3)36-25-28-45(41(30-36)35-18-11-10-12-19-35)61-34-50(60-52(61)42-31-37(56(4,5)6)32-43(51(42)65)57(7,8)9)63-46-22-15-13-20-39(46)40-27-26-38(33-49(40)63)62-53-48(24-17-29-58-53)64-47-23-16-14-21-44(47)59-54(62)64/h10-34,65H,1-9H3. The second-order valence-corrected chi connectivity index (χ2v) is 20.5. The van der Waals surface area contributed by atoms with Crippen molar-refractivity contribution in [2.45, 2.75) is 78.6 Å². The van der Waals surface area contributed by atoms with E-state index >= 15 is 0 Å². The Morgan fingerprint density at radius 1 is 0.523 bits per heavy atom. The Labute approximate surface area is 379 Å². The molecule has 0 spiro atoms. The molecule has 0 atom stereocenters. The smallest absolute Gasteiger partial charge is 0.221 e. The lowest BCUT2D eigenvalue weighted by atomic mass is 9.79. The summed E-state index contributed by atoms with van der Waals surface area (Å²) in [6, 6.07) is 49.2. The molecule has 0 aliphatic carbocycles. The van der Waals surface area contributed by atoms with Gasteiger partial charge in [-0.1, -0.05) is 141 Å². The van der Waals surface area contributed by atoms with Crippen LogP contribution >= 0.6 is 0 Å². The fourth-order valence-corrected chi connectivity index (χ4v) is 9.53. The van der Waals surface area contributed by atoms with Gasteiger partial charge in [0, 0.05) is 28.1 Å². The van der Waals surface area contributed by atoms with E-state index in [1.165, 1.54) is 5.56 Å². The van der Waals surface area contributed by atoms with Crippen molar-refractivity contribution in [1.82, 2.24) is 33.1 Å². The van der Waals surface area contributed by atoms with Crippen molar-refractivity contribution >= 4 is 49.8 Å². The van der Waals surface area contributed by atoms with Gasteiger partial charge in [-0.3, -0.25) is 18.1 Å².